The zero-order valence-corrected chi connectivity index (χ0v) is 60.8. The Labute approximate surface area is 556 Å². The van der Waals surface area contributed by atoms with E-state index in [1.165, 1.54) is 193 Å². The molecule has 0 aliphatic rings. The molecule has 0 bridgehead atoms. The largest absolute Gasteiger partial charge is 0.472 e. The van der Waals surface area contributed by atoms with Crippen molar-refractivity contribution in [1.29, 1.82) is 0 Å². The number of aliphatic hydroxyl groups is 1. The highest BCUT2D eigenvalue weighted by molar-refractivity contribution is 7.47. The van der Waals surface area contributed by atoms with Crippen LogP contribution in [0.5, 0.6) is 0 Å². The van der Waals surface area contributed by atoms with Crippen molar-refractivity contribution in [1.82, 2.24) is 0 Å². The van der Waals surface area contributed by atoms with Crippen LogP contribution in [0.25, 0.3) is 0 Å². The van der Waals surface area contributed by atoms with E-state index in [9.17, 15) is 43.2 Å². The topological polar surface area (TPSA) is 237 Å². The number of carbonyl (C=O) groups excluding carboxylic acids is 4. The molecule has 17 nitrogen and oxygen atoms in total. The zero-order chi connectivity index (χ0) is 67.0. The zero-order valence-electron chi connectivity index (χ0n) is 59.0. The number of phosphoric acid groups is 2. The van der Waals surface area contributed by atoms with E-state index >= 15 is 0 Å². The summed E-state index contributed by atoms with van der Waals surface area (Å²) in [5, 5.41) is 10.6. The number of esters is 4. The van der Waals surface area contributed by atoms with Gasteiger partial charge in [0, 0.05) is 25.7 Å². The van der Waals surface area contributed by atoms with E-state index in [1.807, 2.05) is 0 Å². The molecule has 0 aromatic carbocycles. The summed E-state index contributed by atoms with van der Waals surface area (Å²) in [7, 11) is -9.90. The van der Waals surface area contributed by atoms with Gasteiger partial charge in [-0.05, 0) is 31.6 Å². The van der Waals surface area contributed by atoms with Crippen LogP contribution in [0.2, 0.25) is 0 Å². The third-order valence-corrected chi connectivity index (χ3v) is 18.7. The summed E-state index contributed by atoms with van der Waals surface area (Å²) in [5.74, 6) is -1.43. The first-order chi connectivity index (χ1) is 44.0. The van der Waals surface area contributed by atoms with Gasteiger partial charge in [0.25, 0.3) is 0 Å². The average molecular weight is 1340 g/mol. The van der Waals surface area contributed by atoms with Crippen molar-refractivity contribution in [2.24, 2.45) is 5.92 Å². The maximum Gasteiger partial charge on any atom is 0.472 e. The van der Waals surface area contributed by atoms with E-state index in [0.717, 1.165) is 96.3 Å². The lowest BCUT2D eigenvalue weighted by Gasteiger charge is -2.21. The minimum Gasteiger partial charge on any atom is -0.462 e. The molecule has 91 heavy (non-hydrogen) atoms. The van der Waals surface area contributed by atoms with Crippen molar-refractivity contribution in [3.63, 3.8) is 0 Å². The third kappa shape index (κ3) is 66.5. The molecule has 0 fully saturated rings. The number of hydrogen-bond donors (Lipinski definition) is 3. The maximum atomic E-state index is 13.0. The van der Waals surface area contributed by atoms with E-state index in [0.29, 0.717) is 31.6 Å². The Kier molecular flexibility index (Phi) is 64.0. The molecule has 2 unspecified atom stereocenters. The molecule has 0 aliphatic heterocycles. The lowest BCUT2D eigenvalue weighted by Crippen LogP contribution is -2.30. The molecule has 5 atom stereocenters. The van der Waals surface area contributed by atoms with Crippen molar-refractivity contribution in [3.8, 4) is 0 Å². The van der Waals surface area contributed by atoms with Crippen molar-refractivity contribution >= 4 is 39.5 Å². The van der Waals surface area contributed by atoms with Gasteiger partial charge in [-0.2, -0.15) is 0 Å². The van der Waals surface area contributed by atoms with Crippen LogP contribution in [0, 0.1) is 5.92 Å². The minimum atomic E-state index is -4.95. The highest BCUT2D eigenvalue weighted by Crippen LogP contribution is 2.45. The first-order valence-electron chi connectivity index (χ1n) is 37.6. The fourth-order valence-corrected chi connectivity index (χ4v) is 12.6. The van der Waals surface area contributed by atoms with Gasteiger partial charge in [0.1, 0.15) is 19.3 Å². The van der Waals surface area contributed by atoms with Crippen LogP contribution in [-0.4, -0.2) is 96.7 Å². The number of carbonyl (C=O) groups is 4. The molecule has 0 aromatic heterocycles. The first-order valence-corrected chi connectivity index (χ1v) is 40.6. The summed E-state index contributed by atoms with van der Waals surface area (Å²) >= 11 is 0. The molecule has 0 amide bonds. The first kappa shape index (κ1) is 89.1. The third-order valence-electron chi connectivity index (χ3n) is 16.8. The Morgan fingerprint density at radius 2 is 0.505 bits per heavy atom. The quantitative estimate of drug-likeness (QED) is 0.0222. The van der Waals surface area contributed by atoms with Crippen molar-refractivity contribution in [3.05, 3.63) is 0 Å². The summed E-state index contributed by atoms with van der Waals surface area (Å²) in [5.41, 5.74) is 0. The summed E-state index contributed by atoms with van der Waals surface area (Å²) in [6, 6.07) is 0. The van der Waals surface area contributed by atoms with Gasteiger partial charge in [-0.3, -0.25) is 37.3 Å². The molecule has 0 radical (unpaired) electrons. The minimum absolute atomic E-state index is 0.104. The summed E-state index contributed by atoms with van der Waals surface area (Å²) < 4.78 is 68.3. The molecule has 0 saturated carbocycles. The second-order valence-corrected chi connectivity index (χ2v) is 29.4. The lowest BCUT2D eigenvalue weighted by atomic mass is 10.0. The Morgan fingerprint density at radius 3 is 0.747 bits per heavy atom. The van der Waals surface area contributed by atoms with Gasteiger partial charge < -0.3 is 33.8 Å². The SMILES string of the molecule is CCCCCCCCCCCCCCCCCCCC(=O)O[C@H](COC(=O)CCCCCCCCCCCCCCCCCC)COP(=O)(O)OC[C@@H](O)COP(=O)(O)OC[C@@H](COC(=O)CCCCCCCCCC)OC(=O)CCCCCCCCCC(C)C. The van der Waals surface area contributed by atoms with Crippen LogP contribution < -0.4 is 0 Å². The van der Waals surface area contributed by atoms with Gasteiger partial charge in [0.05, 0.1) is 26.4 Å². The van der Waals surface area contributed by atoms with E-state index in [1.54, 1.807) is 0 Å². The van der Waals surface area contributed by atoms with Gasteiger partial charge in [0.15, 0.2) is 12.2 Å². The normalized spacial score (nSPS) is 14.0. The molecule has 0 heterocycles. The van der Waals surface area contributed by atoms with Crippen LogP contribution in [0.1, 0.15) is 375 Å². The van der Waals surface area contributed by atoms with Crippen LogP contribution in [-0.2, 0) is 65.4 Å². The van der Waals surface area contributed by atoms with Crippen LogP contribution in [0.15, 0.2) is 0 Å². The van der Waals surface area contributed by atoms with E-state index in [4.69, 9.17) is 37.0 Å². The fraction of sp³-hybridized carbons (Fsp3) is 0.944. The number of phosphoric ester groups is 2. The summed E-state index contributed by atoms with van der Waals surface area (Å²) in [4.78, 5) is 72.5. The lowest BCUT2D eigenvalue weighted by molar-refractivity contribution is -0.161. The number of aliphatic hydroxyl groups excluding tert-OH is 1. The number of rotatable bonds is 72. The van der Waals surface area contributed by atoms with Crippen LogP contribution in [0.3, 0.4) is 0 Å². The van der Waals surface area contributed by atoms with Gasteiger partial charge in [-0.25, -0.2) is 9.13 Å². The number of unbranched alkanes of at least 4 members (excludes halogenated alkanes) is 44. The molecule has 3 N–H and O–H groups in total. The second-order valence-electron chi connectivity index (χ2n) is 26.5. The molecule has 0 saturated heterocycles. The molecular weight excluding hydrogens is 1200 g/mol. The van der Waals surface area contributed by atoms with Gasteiger partial charge in [0.2, 0.25) is 0 Å². The van der Waals surface area contributed by atoms with Gasteiger partial charge >= 0.3 is 39.5 Å². The molecule has 0 spiro atoms. The average Bonchev–Trinajstić information content (AvgIpc) is 2.37. The molecule has 0 aromatic rings. The monoisotopic (exact) mass is 1340 g/mol. The molecule has 19 heteroatoms. The van der Waals surface area contributed by atoms with Crippen molar-refractivity contribution in [2.45, 2.75) is 393 Å². The molecule has 0 aliphatic carbocycles. The maximum absolute atomic E-state index is 13.0. The Balaban J connectivity index is 5.20. The predicted molar refractivity (Wildman–Crippen MR) is 368 cm³/mol. The number of ether oxygens (including phenoxy) is 4. The Bertz CT molecular complexity index is 1750. The van der Waals surface area contributed by atoms with Crippen molar-refractivity contribution < 1.29 is 80.2 Å². The Hall–Kier alpha value is -1.94. The summed E-state index contributed by atoms with van der Waals surface area (Å²) in [6.07, 6.45) is 52.9. The van der Waals surface area contributed by atoms with Crippen molar-refractivity contribution in [2.75, 3.05) is 39.6 Å². The van der Waals surface area contributed by atoms with E-state index in [-0.39, 0.29) is 25.7 Å². The molecule has 540 valence electrons. The predicted octanol–water partition coefficient (Wildman–Crippen LogP) is 20.9. The standard InChI is InChI=1S/C72H140O17P2/c1-6-9-12-15-18-21-23-25-27-29-31-33-35-37-42-47-52-57-71(76)88-67(62-83-70(75)56-51-46-41-36-34-32-30-28-26-24-22-19-16-13-10-7-2)63-86-90(78,79)84-59-66(73)60-85-91(80,81)87-64-68(61-82-69(74)55-50-45-40-20-17-14-11-8-3)89-72(77)58-53-48-43-38-39-44-49-54-65(4)5/h65-68,73H,6-64H2,1-5H3,(H,78,79)(H,80,81)/t66-,67-,68-/m1/s1. The molecule has 0 rings (SSSR count). The van der Waals surface area contributed by atoms with E-state index < -0.39 is 97.5 Å². The number of hydrogen-bond acceptors (Lipinski definition) is 15. The Morgan fingerprint density at radius 1 is 0.297 bits per heavy atom. The fourth-order valence-electron chi connectivity index (χ4n) is 11.0. The smallest absolute Gasteiger partial charge is 0.462 e. The van der Waals surface area contributed by atoms with Gasteiger partial charge in [-0.15, -0.1) is 0 Å². The van der Waals surface area contributed by atoms with Crippen LogP contribution >= 0.6 is 15.6 Å². The highest BCUT2D eigenvalue weighted by atomic mass is 31.2. The van der Waals surface area contributed by atoms with Gasteiger partial charge in [-0.1, -0.05) is 324 Å². The van der Waals surface area contributed by atoms with Crippen LogP contribution in [0.4, 0.5) is 0 Å². The second kappa shape index (κ2) is 65.4. The highest BCUT2D eigenvalue weighted by Gasteiger charge is 2.30. The molecular formula is C72H140O17P2. The van der Waals surface area contributed by atoms with E-state index in [2.05, 4.69) is 34.6 Å². The summed E-state index contributed by atoms with van der Waals surface area (Å²) in [6.45, 7) is 7.18.